The number of halogens is 1. The number of oxazole rings is 1. The van der Waals surface area contributed by atoms with Crippen LogP contribution in [0.5, 0.6) is 0 Å². The van der Waals surface area contributed by atoms with Gasteiger partial charge in [0.25, 0.3) is 0 Å². The molecule has 2 N–H and O–H groups in total. The number of hydrogen-bond donors (Lipinski definition) is 2. The standard InChI is InChI=1S/C23H29N5O2.HI/c1-24-23(25-15-19-17-30-22(27-19)18-9-4-2-5-10-18)26-16-20(21-11-8-14-29-21)28-12-6-3-7-13-28;/h2,4-5,8-11,14,17,20H,3,6-7,12-13,15-16H2,1H3,(H2,24,25,26);1H. The number of aliphatic imine (C=N–C) groups is 1. The van der Waals surface area contributed by atoms with E-state index in [9.17, 15) is 0 Å². The minimum atomic E-state index is 0. The SMILES string of the molecule is CN=C(NCc1coc(-c2ccccc2)n1)NCC(c1ccco1)N1CCCCC1.I. The van der Waals surface area contributed by atoms with Crippen molar-refractivity contribution in [3.05, 3.63) is 66.4 Å². The average Bonchev–Trinajstić information content (AvgIpc) is 3.50. The second kappa shape index (κ2) is 11.9. The van der Waals surface area contributed by atoms with Crippen molar-refractivity contribution in [3.63, 3.8) is 0 Å². The molecular formula is C23H30IN5O2. The van der Waals surface area contributed by atoms with Gasteiger partial charge in [0.2, 0.25) is 5.89 Å². The summed E-state index contributed by atoms with van der Waals surface area (Å²) < 4.78 is 11.3. The van der Waals surface area contributed by atoms with E-state index in [4.69, 9.17) is 8.83 Å². The maximum atomic E-state index is 5.72. The number of rotatable bonds is 7. The van der Waals surface area contributed by atoms with Crippen LogP contribution in [0.15, 0.2) is 68.8 Å². The van der Waals surface area contributed by atoms with Crippen LogP contribution in [0.4, 0.5) is 0 Å². The van der Waals surface area contributed by atoms with E-state index in [2.05, 4.69) is 31.6 Å². The first-order chi connectivity index (χ1) is 14.8. The van der Waals surface area contributed by atoms with Gasteiger partial charge in [0, 0.05) is 19.2 Å². The zero-order valence-corrected chi connectivity index (χ0v) is 20.1. The fourth-order valence-electron chi connectivity index (χ4n) is 3.81. The fraction of sp³-hybridized carbons (Fsp3) is 0.391. The maximum absolute atomic E-state index is 5.72. The molecule has 3 aromatic rings. The fourth-order valence-corrected chi connectivity index (χ4v) is 3.81. The van der Waals surface area contributed by atoms with Gasteiger partial charge in [0.1, 0.15) is 12.0 Å². The maximum Gasteiger partial charge on any atom is 0.226 e. The van der Waals surface area contributed by atoms with Crippen molar-refractivity contribution >= 4 is 29.9 Å². The molecule has 7 nitrogen and oxygen atoms in total. The Morgan fingerprint density at radius 2 is 1.87 bits per heavy atom. The number of furan rings is 1. The monoisotopic (exact) mass is 535 g/mol. The molecule has 0 radical (unpaired) electrons. The van der Waals surface area contributed by atoms with Crippen molar-refractivity contribution in [1.82, 2.24) is 20.5 Å². The van der Waals surface area contributed by atoms with Gasteiger partial charge in [0.05, 0.1) is 24.5 Å². The number of nitrogens with zero attached hydrogens (tertiary/aromatic N) is 3. The minimum absolute atomic E-state index is 0. The number of hydrogen-bond acceptors (Lipinski definition) is 5. The van der Waals surface area contributed by atoms with Crippen LogP contribution in [0.1, 0.15) is 36.8 Å². The Kier molecular flexibility index (Phi) is 8.96. The van der Waals surface area contributed by atoms with E-state index >= 15 is 0 Å². The topological polar surface area (TPSA) is 78.8 Å². The van der Waals surface area contributed by atoms with Gasteiger partial charge in [-0.3, -0.25) is 9.89 Å². The highest BCUT2D eigenvalue weighted by atomic mass is 127. The third-order valence-corrected chi connectivity index (χ3v) is 5.40. The van der Waals surface area contributed by atoms with Crippen LogP contribution in [-0.2, 0) is 6.54 Å². The lowest BCUT2D eigenvalue weighted by molar-refractivity contribution is 0.146. The van der Waals surface area contributed by atoms with Gasteiger partial charge in [-0.2, -0.15) is 0 Å². The predicted octanol–water partition coefficient (Wildman–Crippen LogP) is 4.44. The molecule has 8 heteroatoms. The number of piperidine rings is 1. The first kappa shape index (κ1) is 23.3. The van der Waals surface area contributed by atoms with Crippen molar-refractivity contribution in [2.75, 3.05) is 26.7 Å². The summed E-state index contributed by atoms with van der Waals surface area (Å²) in [6, 6.07) is 14.1. The highest BCUT2D eigenvalue weighted by molar-refractivity contribution is 14.0. The Labute approximate surface area is 200 Å². The van der Waals surface area contributed by atoms with E-state index in [1.54, 1.807) is 19.6 Å². The molecule has 4 rings (SSSR count). The number of likely N-dealkylation sites (tertiary alicyclic amines) is 1. The van der Waals surface area contributed by atoms with Gasteiger partial charge in [-0.1, -0.05) is 24.6 Å². The van der Waals surface area contributed by atoms with Crippen molar-refractivity contribution < 1.29 is 8.83 Å². The Morgan fingerprint density at radius 1 is 1.06 bits per heavy atom. The third kappa shape index (κ3) is 6.33. The number of aromatic nitrogens is 1. The lowest BCUT2D eigenvalue weighted by Crippen LogP contribution is -2.44. The summed E-state index contributed by atoms with van der Waals surface area (Å²) in [5, 5.41) is 6.76. The van der Waals surface area contributed by atoms with Crippen molar-refractivity contribution in [3.8, 4) is 11.5 Å². The molecule has 0 saturated carbocycles. The third-order valence-electron chi connectivity index (χ3n) is 5.40. The molecule has 1 aliphatic rings. The van der Waals surface area contributed by atoms with E-state index in [0.717, 1.165) is 42.6 Å². The molecule has 0 amide bonds. The minimum Gasteiger partial charge on any atom is -0.468 e. The van der Waals surface area contributed by atoms with Crippen LogP contribution < -0.4 is 10.6 Å². The molecule has 1 aromatic carbocycles. The molecule has 0 aliphatic carbocycles. The molecule has 1 fully saturated rings. The normalized spacial score (nSPS) is 15.8. The van der Waals surface area contributed by atoms with Gasteiger partial charge in [-0.15, -0.1) is 24.0 Å². The number of guanidine groups is 1. The second-order valence-corrected chi connectivity index (χ2v) is 7.44. The molecular weight excluding hydrogens is 505 g/mol. The molecule has 0 bridgehead atoms. The van der Waals surface area contributed by atoms with Gasteiger partial charge < -0.3 is 19.5 Å². The molecule has 166 valence electrons. The molecule has 3 heterocycles. The molecule has 2 aromatic heterocycles. The zero-order valence-electron chi connectivity index (χ0n) is 17.8. The smallest absolute Gasteiger partial charge is 0.226 e. The molecule has 1 saturated heterocycles. The highest BCUT2D eigenvalue weighted by Gasteiger charge is 2.24. The summed E-state index contributed by atoms with van der Waals surface area (Å²) in [7, 11) is 1.77. The Bertz CT molecular complexity index is 921. The summed E-state index contributed by atoms with van der Waals surface area (Å²) in [5.74, 6) is 2.34. The zero-order chi connectivity index (χ0) is 20.6. The van der Waals surface area contributed by atoms with E-state index in [0.29, 0.717) is 12.4 Å². The van der Waals surface area contributed by atoms with Crippen LogP contribution in [0.25, 0.3) is 11.5 Å². The van der Waals surface area contributed by atoms with Crippen LogP contribution >= 0.6 is 24.0 Å². The van der Waals surface area contributed by atoms with Crippen molar-refractivity contribution in [1.29, 1.82) is 0 Å². The summed E-state index contributed by atoms with van der Waals surface area (Å²) >= 11 is 0. The van der Waals surface area contributed by atoms with Gasteiger partial charge >= 0.3 is 0 Å². The van der Waals surface area contributed by atoms with E-state index in [1.165, 1.54) is 19.3 Å². The summed E-state index contributed by atoms with van der Waals surface area (Å²) in [6.45, 7) is 3.45. The average molecular weight is 535 g/mol. The Morgan fingerprint density at radius 3 is 2.58 bits per heavy atom. The van der Waals surface area contributed by atoms with E-state index in [-0.39, 0.29) is 30.0 Å². The Hall–Kier alpha value is -2.33. The molecule has 1 aliphatic heterocycles. The highest BCUT2D eigenvalue weighted by Crippen LogP contribution is 2.24. The molecule has 1 atom stereocenters. The predicted molar refractivity (Wildman–Crippen MR) is 132 cm³/mol. The lowest BCUT2D eigenvalue weighted by atomic mass is 10.1. The van der Waals surface area contributed by atoms with Crippen LogP contribution in [0.3, 0.4) is 0 Å². The van der Waals surface area contributed by atoms with Crippen molar-refractivity contribution in [2.24, 2.45) is 4.99 Å². The van der Waals surface area contributed by atoms with Crippen LogP contribution in [-0.4, -0.2) is 42.5 Å². The largest absolute Gasteiger partial charge is 0.468 e. The van der Waals surface area contributed by atoms with Gasteiger partial charge in [-0.25, -0.2) is 4.98 Å². The van der Waals surface area contributed by atoms with Gasteiger partial charge in [0.15, 0.2) is 5.96 Å². The quantitative estimate of drug-likeness (QED) is 0.265. The lowest BCUT2D eigenvalue weighted by Gasteiger charge is -2.33. The Balaban J connectivity index is 0.00000272. The number of nitrogens with one attached hydrogen (secondary N) is 2. The second-order valence-electron chi connectivity index (χ2n) is 7.44. The van der Waals surface area contributed by atoms with Gasteiger partial charge in [-0.05, 0) is 50.2 Å². The number of benzene rings is 1. The first-order valence-corrected chi connectivity index (χ1v) is 10.6. The summed E-state index contributed by atoms with van der Waals surface area (Å²) in [6.07, 6.45) is 7.21. The van der Waals surface area contributed by atoms with Crippen molar-refractivity contribution in [2.45, 2.75) is 31.8 Å². The molecule has 1 unspecified atom stereocenters. The van der Waals surface area contributed by atoms with Crippen LogP contribution in [0, 0.1) is 0 Å². The summed E-state index contributed by atoms with van der Waals surface area (Å²) in [5.41, 5.74) is 1.80. The van der Waals surface area contributed by atoms with Crippen LogP contribution in [0.2, 0.25) is 0 Å². The molecule has 31 heavy (non-hydrogen) atoms. The van der Waals surface area contributed by atoms with E-state index in [1.807, 2.05) is 36.4 Å². The summed E-state index contributed by atoms with van der Waals surface area (Å²) in [4.78, 5) is 11.4. The van der Waals surface area contributed by atoms with E-state index < -0.39 is 0 Å². The first-order valence-electron chi connectivity index (χ1n) is 10.6. The molecule has 0 spiro atoms.